The maximum atomic E-state index is 13.1. The highest BCUT2D eigenvalue weighted by molar-refractivity contribution is 5.79. The Balaban J connectivity index is 1.23. The van der Waals surface area contributed by atoms with Crippen molar-refractivity contribution in [3.8, 4) is 0 Å². The number of para-hydroxylation sites is 2. The molecule has 2 aliphatic rings. The number of amides is 1. The van der Waals surface area contributed by atoms with Crippen molar-refractivity contribution in [3.63, 3.8) is 0 Å². The second-order valence-electron chi connectivity index (χ2n) is 7.76. The van der Waals surface area contributed by atoms with Crippen LogP contribution < -0.4 is 4.90 Å². The van der Waals surface area contributed by atoms with Crippen LogP contribution in [0.25, 0.3) is 11.0 Å². The van der Waals surface area contributed by atoms with Crippen LogP contribution in [0.1, 0.15) is 24.0 Å². The molecule has 0 aliphatic carbocycles. The molecule has 1 aromatic heterocycles. The normalized spacial score (nSPS) is 17.6. The summed E-state index contributed by atoms with van der Waals surface area (Å²) < 4.78 is 0. The average molecular weight is 372 g/mol. The van der Waals surface area contributed by atoms with Gasteiger partial charge in [0.05, 0.1) is 17.2 Å². The van der Waals surface area contributed by atoms with Crippen LogP contribution in [0.2, 0.25) is 0 Å². The highest BCUT2D eigenvalue weighted by atomic mass is 16.2. The maximum Gasteiger partial charge on any atom is 0.226 e. The third-order valence-electron chi connectivity index (χ3n) is 6.05. The van der Waals surface area contributed by atoms with E-state index in [0.29, 0.717) is 5.91 Å². The fourth-order valence-corrected chi connectivity index (χ4v) is 4.40. The maximum absolute atomic E-state index is 13.1. The van der Waals surface area contributed by atoms with Crippen molar-refractivity contribution in [1.29, 1.82) is 0 Å². The number of carbonyl (C=O) groups is 1. The van der Waals surface area contributed by atoms with E-state index in [2.05, 4.69) is 39.0 Å². The topological polar surface area (TPSA) is 49.3 Å². The highest BCUT2D eigenvalue weighted by Crippen LogP contribution is 2.26. The zero-order valence-corrected chi connectivity index (χ0v) is 15.9. The molecule has 5 nitrogen and oxygen atoms in total. The molecule has 0 unspecified atom stereocenters. The lowest BCUT2D eigenvalue weighted by atomic mass is 9.93. The molecular formula is C23H24N4O. The van der Waals surface area contributed by atoms with Gasteiger partial charge in [-0.1, -0.05) is 36.4 Å². The molecule has 0 spiro atoms. The van der Waals surface area contributed by atoms with Gasteiger partial charge in [0.1, 0.15) is 5.82 Å². The van der Waals surface area contributed by atoms with Crippen LogP contribution in [0.3, 0.4) is 0 Å². The zero-order valence-electron chi connectivity index (χ0n) is 15.9. The molecule has 1 fully saturated rings. The summed E-state index contributed by atoms with van der Waals surface area (Å²) in [7, 11) is 0. The Labute approximate surface area is 165 Å². The van der Waals surface area contributed by atoms with E-state index >= 15 is 0 Å². The summed E-state index contributed by atoms with van der Waals surface area (Å²) >= 11 is 0. The van der Waals surface area contributed by atoms with Gasteiger partial charge in [0.2, 0.25) is 5.91 Å². The Kier molecular flexibility index (Phi) is 4.43. The number of piperidine rings is 1. The van der Waals surface area contributed by atoms with E-state index in [-0.39, 0.29) is 5.92 Å². The quantitative estimate of drug-likeness (QED) is 0.692. The van der Waals surface area contributed by atoms with E-state index in [1.165, 1.54) is 11.1 Å². The number of hydrogen-bond acceptors (Lipinski definition) is 4. The summed E-state index contributed by atoms with van der Waals surface area (Å²) in [5.41, 5.74) is 4.52. The average Bonchev–Trinajstić information content (AvgIpc) is 2.78. The van der Waals surface area contributed by atoms with Crippen LogP contribution in [0.4, 0.5) is 5.82 Å². The first-order chi connectivity index (χ1) is 13.8. The minimum absolute atomic E-state index is 0.120. The lowest BCUT2D eigenvalue weighted by Gasteiger charge is -2.36. The first kappa shape index (κ1) is 17.2. The second kappa shape index (κ2) is 7.23. The molecule has 0 saturated carbocycles. The van der Waals surface area contributed by atoms with Gasteiger partial charge in [0.25, 0.3) is 0 Å². The van der Waals surface area contributed by atoms with Crippen molar-refractivity contribution in [2.45, 2.75) is 25.8 Å². The van der Waals surface area contributed by atoms with Gasteiger partial charge in [-0.05, 0) is 42.5 Å². The number of nitrogens with zero attached hydrogens (tertiary/aromatic N) is 4. The van der Waals surface area contributed by atoms with E-state index in [1.807, 2.05) is 30.5 Å². The van der Waals surface area contributed by atoms with Crippen LogP contribution in [-0.2, 0) is 17.8 Å². The van der Waals surface area contributed by atoms with Crippen LogP contribution in [0, 0.1) is 5.92 Å². The summed E-state index contributed by atoms with van der Waals surface area (Å²) in [4.78, 5) is 26.7. The van der Waals surface area contributed by atoms with Crippen molar-refractivity contribution >= 4 is 22.8 Å². The van der Waals surface area contributed by atoms with Crippen LogP contribution >= 0.6 is 0 Å². The van der Waals surface area contributed by atoms with Crippen molar-refractivity contribution in [3.05, 3.63) is 65.9 Å². The Bertz CT molecular complexity index is 1010. The molecule has 142 valence electrons. The zero-order chi connectivity index (χ0) is 18.9. The summed E-state index contributed by atoms with van der Waals surface area (Å²) in [6.45, 7) is 3.30. The Hall–Kier alpha value is -2.95. The molecule has 0 atom stereocenters. The van der Waals surface area contributed by atoms with Gasteiger partial charge in [0, 0.05) is 32.1 Å². The van der Waals surface area contributed by atoms with Gasteiger partial charge in [0.15, 0.2) is 0 Å². The Morgan fingerprint density at radius 3 is 2.43 bits per heavy atom. The van der Waals surface area contributed by atoms with Crippen molar-refractivity contribution in [2.75, 3.05) is 24.5 Å². The number of rotatable bonds is 2. The van der Waals surface area contributed by atoms with E-state index < -0.39 is 0 Å². The lowest BCUT2D eigenvalue weighted by molar-refractivity contribution is -0.137. The molecule has 0 bridgehead atoms. The summed E-state index contributed by atoms with van der Waals surface area (Å²) in [5, 5.41) is 0. The molecule has 2 aromatic carbocycles. The molecule has 28 heavy (non-hydrogen) atoms. The summed E-state index contributed by atoms with van der Waals surface area (Å²) in [6, 6.07) is 16.4. The molecule has 3 aromatic rings. The van der Waals surface area contributed by atoms with Crippen LogP contribution in [-0.4, -0.2) is 40.4 Å². The molecule has 0 N–H and O–H groups in total. The predicted molar refractivity (Wildman–Crippen MR) is 110 cm³/mol. The largest absolute Gasteiger partial charge is 0.355 e. The van der Waals surface area contributed by atoms with E-state index in [4.69, 9.17) is 4.98 Å². The third kappa shape index (κ3) is 3.21. The molecular weight excluding hydrogens is 348 g/mol. The summed E-state index contributed by atoms with van der Waals surface area (Å²) in [5.74, 6) is 1.35. The SMILES string of the molecule is O=C(C1CCN(c2cnc3ccccc3n2)CC1)N1CCc2ccccc2C1. The fourth-order valence-electron chi connectivity index (χ4n) is 4.40. The third-order valence-corrected chi connectivity index (χ3v) is 6.05. The van der Waals surface area contributed by atoms with Crippen molar-refractivity contribution in [2.24, 2.45) is 5.92 Å². The smallest absolute Gasteiger partial charge is 0.226 e. The van der Waals surface area contributed by atoms with E-state index in [0.717, 1.165) is 62.3 Å². The van der Waals surface area contributed by atoms with Crippen LogP contribution in [0.5, 0.6) is 0 Å². The van der Waals surface area contributed by atoms with Crippen molar-refractivity contribution in [1.82, 2.24) is 14.9 Å². The van der Waals surface area contributed by atoms with Gasteiger partial charge >= 0.3 is 0 Å². The molecule has 5 heteroatoms. The number of carbonyl (C=O) groups excluding carboxylic acids is 1. The molecule has 0 radical (unpaired) electrons. The summed E-state index contributed by atoms with van der Waals surface area (Å²) in [6.07, 6.45) is 4.58. The number of aromatic nitrogens is 2. The minimum atomic E-state index is 0.120. The van der Waals surface area contributed by atoms with Crippen molar-refractivity contribution < 1.29 is 4.79 Å². The van der Waals surface area contributed by atoms with Gasteiger partial charge in [-0.15, -0.1) is 0 Å². The first-order valence-corrected chi connectivity index (χ1v) is 10.1. The number of anilines is 1. The second-order valence-corrected chi connectivity index (χ2v) is 7.76. The van der Waals surface area contributed by atoms with E-state index in [1.54, 1.807) is 0 Å². The molecule has 1 saturated heterocycles. The molecule has 2 aliphatic heterocycles. The molecule has 1 amide bonds. The number of fused-ring (bicyclic) bond motifs is 2. The van der Waals surface area contributed by atoms with Crippen LogP contribution in [0.15, 0.2) is 54.7 Å². The molecule has 3 heterocycles. The standard InChI is InChI=1S/C23H24N4O/c28-23(27-14-9-17-5-1-2-6-19(17)16-27)18-10-12-26(13-11-18)22-15-24-20-7-3-4-8-21(20)25-22/h1-8,15,18H,9-14,16H2. The monoisotopic (exact) mass is 372 g/mol. The Morgan fingerprint density at radius 2 is 1.61 bits per heavy atom. The van der Waals surface area contributed by atoms with E-state index in [9.17, 15) is 4.79 Å². The first-order valence-electron chi connectivity index (χ1n) is 10.1. The lowest BCUT2D eigenvalue weighted by Crippen LogP contribution is -2.44. The van der Waals surface area contributed by atoms with Gasteiger partial charge in [-0.25, -0.2) is 4.98 Å². The minimum Gasteiger partial charge on any atom is -0.355 e. The highest BCUT2D eigenvalue weighted by Gasteiger charge is 2.30. The Morgan fingerprint density at radius 1 is 0.893 bits per heavy atom. The van der Waals surface area contributed by atoms with Gasteiger partial charge in [-0.3, -0.25) is 9.78 Å². The van der Waals surface area contributed by atoms with Gasteiger partial charge < -0.3 is 9.80 Å². The molecule has 5 rings (SSSR count). The predicted octanol–water partition coefficient (Wildman–Crippen LogP) is 3.43. The fraction of sp³-hybridized carbons (Fsp3) is 0.348. The number of hydrogen-bond donors (Lipinski definition) is 0. The van der Waals surface area contributed by atoms with Gasteiger partial charge in [-0.2, -0.15) is 0 Å². The number of benzene rings is 2.